The van der Waals surface area contributed by atoms with Crippen LogP contribution in [0.1, 0.15) is 16.2 Å². The highest BCUT2D eigenvalue weighted by atomic mass is 16.4. The van der Waals surface area contributed by atoms with Gasteiger partial charge in [0.05, 0.1) is 18.1 Å². The summed E-state index contributed by atoms with van der Waals surface area (Å²) in [6, 6.07) is 0. The van der Waals surface area contributed by atoms with Crippen molar-refractivity contribution in [3.8, 4) is 5.82 Å². The van der Waals surface area contributed by atoms with Crippen LogP contribution in [0, 0.1) is 6.92 Å². The third-order valence-electron chi connectivity index (χ3n) is 1.82. The molecule has 2 aromatic heterocycles. The Morgan fingerprint density at radius 2 is 2.27 bits per heavy atom. The van der Waals surface area contributed by atoms with Gasteiger partial charge in [0.1, 0.15) is 6.33 Å². The number of aromatic carboxylic acids is 1. The van der Waals surface area contributed by atoms with Crippen LogP contribution in [0.4, 0.5) is 0 Å². The number of hydrogen-bond donors (Lipinski definition) is 1. The van der Waals surface area contributed by atoms with E-state index in [1.807, 2.05) is 6.92 Å². The fourth-order valence-electron chi connectivity index (χ4n) is 1.13. The molecule has 0 amide bonds. The van der Waals surface area contributed by atoms with Crippen LogP contribution in [-0.4, -0.2) is 30.6 Å². The van der Waals surface area contributed by atoms with Crippen molar-refractivity contribution in [2.75, 3.05) is 0 Å². The summed E-state index contributed by atoms with van der Waals surface area (Å²) in [5.41, 5.74) is 0.747. The lowest BCUT2D eigenvalue weighted by molar-refractivity contribution is 0.0690. The first kappa shape index (κ1) is 9.32. The monoisotopic (exact) mass is 204 g/mol. The quantitative estimate of drug-likeness (QED) is 0.777. The molecule has 0 radical (unpaired) electrons. The number of aryl methyl sites for hydroxylation is 1. The molecule has 6 nitrogen and oxygen atoms in total. The topological polar surface area (TPSA) is 80.9 Å². The van der Waals surface area contributed by atoms with E-state index >= 15 is 0 Å². The maximum absolute atomic E-state index is 10.7. The Morgan fingerprint density at radius 1 is 1.47 bits per heavy atom. The third kappa shape index (κ3) is 1.83. The van der Waals surface area contributed by atoms with Gasteiger partial charge in [-0.25, -0.2) is 14.8 Å². The molecular formula is C9H8N4O2. The summed E-state index contributed by atoms with van der Waals surface area (Å²) in [6.07, 6.45) is 5.99. The van der Waals surface area contributed by atoms with Crippen molar-refractivity contribution >= 4 is 5.97 Å². The number of nitrogens with zero attached hydrogens (tertiary/aromatic N) is 4. The number of carboxylic acids is 1. The van der Waals surface area contributed by atoms with Gasteiger partial charge in [-0.15, -0.1) is 0 Å². The molecule has 0 atom stereocenters. The van der Waals surface area contributed by atoms with Crippen molar-refractivity contribution in [2.24, 2.45) is 0 Å². The third-order valence-corrected chi connectivity index (χ3v) is 1.82. The molecule has 2 rings (SSSR count). The Morgan fingerprint density at radius 3 is 2.87 bits per heavy atom. The Bertz CT molecular complexity index is 506. The van der Waals surface area contributed by atoms with E-state index in [2.05, 4.69) is 15.0 Å². The van der Waals surface area contributed by atoms with Gasteiger partial charge in [0.15, 0.2) is 11.5 Å². The zero-order chi connectivity index (χ0) is 10.8. The second-order valence-corrected chi connectivity index (χ2v) is 2.99. The van der Waals surface area contributed by atoms with E-state index < -0.39 is 5.97 Å². The lowest BCUT2D eigenvalue weighted by Gasteiger charge is -2.00. The fraction of sp³-hybridized carbons (Fsp3) is 0.111. The number of hydrogen-bond acceptors (Lipinski definition) is 4. The molecule has 0 aliphatic rings. The van der Waals surface area contributed by atoms with Crippen LogP contribution in [-0.2, 0) is 0 Å². The summed E-state index contributed by atoms with van der Waals surface area (Å²) in [5.74, 6) is -0.656. The van der Waals surface area contributed by atoms with Crippen molar-refractivity contribution < 1.29 is 9.90 Å². The van der Waals surface area contributed by atoms with E-state index in [1.165, 1.54) is 12.4 Å². The van der Waals surface area contributed by atoms with Gasteiger partial charge < -0.3 is 5.11 Å². The summed E-state index contributed by atoms with van der Waals surface area (Å²) < 4.78 is 1.62. The Kier molecular flexibility index (Phi) is 2.17. The summed E-state index contributed by atoms with van der Waals surface area (Å²) in [4.78, 5) is 22.4. The normalized spacial score (nSPS) is 10.2. The van der Waals surface area contributed by atoms with Gasteiger partial charge in [-0.05, 0) is 6.92 Å². The van der Waals surface area contributed by atoms with Crippen molar-refractivity contribution in [1.82, 2.24) is 19.5 Å². The van der Waals surface area contributed by atoms with E-state index in [-0.39, 0.29) is 5.69 Å². The molecule has 0 bridgehead atoms. The van der Waals surface area contributed by atoms with E-state index in [4.69, 9.17) is 5.11 Å². The van der Waals surface area contributed by atoms with E-state index in [0.717, 1.165) is 5.69 Å². The molecule has 6 heteroatoms. The summed E-state index contributed by atoms with van der Waals surface area (Å²) in [7, 11) is 0. The number of carboxylic acid groups (broad SMARTS) is 1. The first-order valence-corrected chi connectivity index (χ1v) is 4.23. The summed E-state index contributed by atoms with van der Waals surface area (Å²) in [6.45, 7) is 1.84. The lowest BCUT2D eigenvalue weighted by Crippen LogP contribution is -2.05. The molecule has 0 aromatic carbocycles. The minimum absolute atomic E-state index is 0.0844. The SMILES string of the molecule is Cc1cn(-c2cncc(C(=O)O)n2)cn1. The zero-order valence-electron chi connectivity index (χ0n) is 7.95. The van der Waals surface area contributed by atoms with Gasteiger partial charge in [-0.1, -0.05) is 0 Å². The predicted octanol–water partition coefficient (Wildman–Crippen LogP) is 0.669. The maximum atomic E-state index is 10.7. The number of aromatic nitrogens is 4. The predicted molar refractivity (Wildman–Crippen MR) is 50.9 cm³/mol. The molecule has 2 aromatic rings. The van der Waals surface area contributed by atoms with Gasteiger partial charge >= 0.3 is 5.97 Å². The Labute approximate surface area is 85.3 Å². The Balaban J connectivity index is 2.45. The van der Waals surface area contributed by atoms with Crippen molar-refractivity contribution in [1.29, 1.82) is 0 Å². The molecule has 1 N–H and O–H groups in total. The van der Waals surface area contributed by atoms with Crippen LogP contribution in [0.15, 0.2) is 24.9 Å². The molecule has 0 aliphatic heterocycles. The van der Waals surface area contributed by atoms with Crippen LogP contribution < -0.4 is 0 Å². The largest absolute Gasteiger partial charge is 0.476 e. The van der Waals surface area contributed by atoms with Crippen molar-refractivity contribution in [3.05, 3.63) is 36.3 Å². The minimum atomic E-state index is -1.10. The van der Waals surface area contributed by atoms with Crippen LogP contribution >= 0.6 is 0 Å². The molecule has 76 valence electrons. The molecule has 0 saturated heterocycles. The molecule has 0 unspecified atom stereocenters. The van der Waals surface area contributed by atoms with Crippen LogP contribution in [0.3, 0.4) is 0 Å². The van der Waals surface area contributed by atoms with E-state index in [0.29, 0.717) is 5.82 Å². The van der Waals surface area contributed by atoms with Crippen LogP contribution in [0.2, 0.25) is 0 Å². The van der Waals surface area contributed by atoms with Gasteiger partial charge in [0, 0.05) is 6.20 Å². The molecule has 0 spiro atoms. The highest BCUT2D eigenvalue weighted by Gasteiger charge is 2.07. The number of imidazole rings is 1. The Hall–Kier alpha value is -2.24. The maximum Gasteiger partial charge on any atom is 0.356 e. The first-order chi connectivity index (χ1) is 7.16. The van der Waals surface area contributed by atoms with Gasteiger partial charge in [-0.2, -0.15) is 0 Å². The summed E-state index contributed by atoms with van der Waals surface area (Å²) in [5, 5.41) is 8.73. The average molecular weight is 204 g/mol. The minimum Gasteiger partial charge on any atom is -0.476 e. The number of rotatable bonds is 2. The van der Waals surface area contributed by atoms with Crippen LogP contribution in [0.25, 0.3) is 5.82 Å². The first-order valence-electron chi connectivity index (χ1n) is 4.23. The van der Waals surface area contributed by atoms with Gasteiger partial charge in [0.25, 0.3) is 0 Å². The average Bonchev–Trinajstić information content (AvgIpc) is 2.65. The molecular weight excluding hydrogens is 196 g/mol. The second-order valence-electron chi connectivity index (χ2n) is 2.99. The number of carbonyl (C=O) groups is 1. The molecule has 2 heterocycles. The molecule has 15 heavy (non-hydrogen) atoms. The fourth-order valence-corrected chi connectivity index (χ4v) is 1.13. The zero-order valence-corrected chi connectivity index (χ0v) is 7.95. The molecule has 0 aliphatic carbocycles. The second kappa shape index (κ2) is 3.49. The smallest absolute Gasteiger partial charge is 0.356 e. The van der Waals surface area contributed by atoms with Crippen LogP contribution in [0.5, 0.6) is 0 Å². The molecule has 0 saturated carbocycles. The van der Waals surface area contributed by atoms with Gasteiger partial charge in [0.2, 0.25) is 0 Å². The van der Waals surface area contributed by atoms with Crippen molar-refractivity contribution in [2.45, 2.75) is 6.92 Å². The standard InChI is InChI=1S/C9H8N4O2/c1-6-4-13(5-11-6)8-3-10-2-7(12-8)9(14)15/h2-5H,1H3,(H,14,15). The summed E-state index contributed by atoms with van der Waals surface area (Å²) >= 11 is 0. The van der Waals surface area contributed by atoms with Crippen molar-refractivity contribution in [3.63, 3.8) is 0 Å². The molecule has 0 fully saturated rings. The highest BCUT2D eigenvalue weighted by Crippen LogP contribution is 2.04. The van der Waals surface area contributed by atoms with Gasteiger partial charge in [-0.3, -0.25) is 9.55 Å². The highest BCUT2D eigenvalue weighted by molar-refractivity contribution is 5.85. The lowest BCUT2D eigenvalue weighted by atomic mass is 10.4. The van der Waals surface area contributed by atoms with E-state index in [1.54, 1.807) is 17.1 Å². The van der Waals surface area contributed by atoms with E-state index in [9.17, 15) is 4.79 Å².